The largest absolute Gasteiger partial charge is 0.381 e. The Labute approximate surface area is 181 Å². The van der Waals surface area contributed by atoms with Crippen LogP contribution in [0, 0.1) is 5.92 Å². The summed E-state index contributed by atoms with van der Waals surface area (Å²) in [6.45, 7) is 12.5. The van der Waals surface area contributed by atoms with E-state index in [0.29, 0.717) is 12.5 Å². The van der Waals surface area contributed by atoms with Gasteiger partial charge in [-0.3, -0.25) is 4.90 Å². The Balaban J connectivity index is 1.34. The minimum absolute atomic E-state index is 0.581. The zero-order chi connectivity index (χ0) is 20.9. The van der Waals surface area contributed by atoms with Crippen molar-refractivity contribution in [1.29, 1.82) is 0 Å². The van der Waals surface area contributed by atoms with Gasteiger partial charge in [-0.25, -0.2) is 4.99 Å². The van der Waals surface area contributed by atoms with Gasteiger partial charge in [-0.15, -0.1) is 0 Å². The Hall–Kier alpha value is -1.67. The predicted octanol–water partition coefficient (Wildman–Crippen LogP) is 2.02. The highest BCUT2D eigenvalue weighted by Crippen LogP contribution is 2.12. The number of aliphatic imine (C=N–C) groups is 1. The van der Waals surface area contributed by atoms with Crippen LogP contribution < -0.4 is 10.6 Å². The van der Waals surface area contributed by atoms with Gasteiger partial charge < -0.3 is 24.8 Å². The highest BCUT2D eigenvalue weighted by Gasteiger charge is 2.15. The monoisotopic (exact) mass is 418 g/mol. The van der Waals surface area contributed by atoms with E-state index >= 15 is 0 Å². The maximum absolute atomic E-state index is 5.76. The number of nitrogens with one attached hydrogen (secondary N) is 2. The standard InChI is InChI=1S/C23H38N4O3/c1-2-24-23(25-9-3-12-29-18-22-8-13-30-19-22)26-16-20-4-6-21(7-5-20)17-27-10-14-28-15-11-27/h4-7,22H,2-3,8-19H2,1H3,(H2,24,25,26). The fourth-order valence-corrected chi connectivity index (χ4v) is 3.63. The normalized spacial score (nSPS) is 20.4. The molecular weight excluding hydrogens is 380 g/mol. The molecule has 2 fully saturated rings. The van der Waals surface area contributed by atoms with E-state index in [0.717, 1.165) is 91.2 Å². The molecule has 1 atom stereocenters. The van der Waals surface area contributed by atoms with Crippen LogP contribution in [0.3, 0.4) is 0 Å². The van der Waals surface area contributed by atoms with Crippen LogP contribution in [0.2, 0.25) is 0 Å². The molecule has 0 radical (unpaired) electrons. The molecule has 7 nitrogen and oxygen atoms in total. The Morgan fingerprint density at radius 1 is 1.10 bits per heavy atom. The Bertz CT molecular complexity index is 611. The number of rotatable bonds is 11. The number of nitrogens with zero attached hydrogens (tertiary/aromatic N) is 2. The summed E-state index contributed by atoms with van der Waals surface area (Å²) in [5, 5.41) is 6.72. The van der Waals surface area contributed by atoms with Crippen LogP contribution in [0.5, 0.6) is 0 Å². The average Bonchev–Trinajstić information content (AvgIpc) is 3.30. The van der Waals surface area contributed by atoms with E-state index in [4.69, 9.17) is 19.2 Å². The molecule has 0 saturated carbocycles. The number of hydrogen-bond acceptors (Lipinski definition) is 5. The summed E-state index contributed by atoms with van der Waals surface area (Å²) in [6, 6.07) is 8.80. The van der Waals surface area contributed by atoms with E-state index in [1.807, 2.05) is 0 Å². The molecule has 0 spiro atoms. The first-order chi connectivity index (χ1) is 14.8. The molecule has 1 unspecified atom stereocenters. The van der Waals surface area contributed by atoms with Gasteiger partial charge >= 0.3 is 0 Å². The van der Waals surface area contributed by atoms with Gasteiger partial charge in [-0.05, 0) is 30.9 Å². The molecule has 30 heavy (non-hydrogen) atoms. The van der Waals surface area contributed by atoms with Crippen molar-refractivity contribution in [2.24, 2.45) is 10.9 Å². The summed E-state index contributed by atoms with van der Waals surface area (Å²) in [5.41, 5.74) is 2.57. The smallest absolute Gasteiger partial charge is 0.191 e. The SMILES string of the molecule is CCNC(=NCc1ccc(CN2CCOCC2)cc1)NCCCOCC1CCOC1. The average molecular weight is 419 g/mol. The molecule has 2 aliphatic heterocycles. The zero-order valence-electron chi connectivity index (χ0n) is 18.4. The second kappa shape index (κ2) is 13.6. The first-order valence-electron chi connectivity index (χ1n) is 11.4. The van der Waals surface area contributed by atoms with Gasteiger partial charge in [0.2, 0.25) is 0 Å². The van der Waals surface area contributed by atoms with Gasteiger partial charge in [0.25, 0.3) is 0 Å². The molecule has 0 aliphatic carbocycles. The Kier molecular flexibility index (Phi) is 10.4. The van der Waals surface area contributed by atoms with Crippen molar-refractivity contribution in [3.8, 4) is 0 Å². The molecule has 2 aliphatic rings. The number of hydrogen-bond donors (Lipinski definition) is 2. The van der Waals surface area contributed by atoms with Crippen molar-refractivity contribution >= 4 is 5.96 Å². The van der Waals surface area contributed by atoms with E-state index in [-0.39, 0.29) is 0 Å². The lowest BCUT2D eigenvalue weighted by atomic mass is 10.1. The van der Waals surface area contributed by atoms with Crippen molar-refractivity contribution in [3.63, 3.8) is 0 Å². The van der Waals surface area contributed by atoms with E-state index in [2.05, 4.69) is 46.7 Å². The molecule has 0 amide bonds. The minimum atomic E-state index is 0.581. The lowest BCUT2D eigenvalue weighted by molar-refractivity contribution is 0.0342. The zero-order valence-corrected chi connectivity index (χ0v) is 18.4. The quantitative estimate of drug-likeness (QED) is 0.326. The second-order valence-corrected chi connectivity index (χ2v) is 7.99. The van der Waals surface area contributed by atoms with Gasteiger partial charge in [-0.2, -0.15) is 0 Å². The third kappa shape index (κ3) is 8.60. The van der Waals surface area contributed by atoms with Crippen LogP contribution in [0.1, 0.15) is 30.9 Å². The van der Waals surface area contributed by atoms with Gasteiger partial charge in [-0.1, -0.05) is 24.3 Å². The lowest BCUT2D eigenvalue weighted by Crippen LogP contribution is -2.38. The highest BCUT2D eigenvalue weighted by atomic mass is 16.5. The van der Waals surface area contributed by atoms with Crippen molar-refractivity contribution in [1.82, 2.24) is 15.5 Å². The van der Waals surface area contributed by atoms with Gasteiger partial charge in [0, 0.05) is 51.9 Å². The molecule has 7 heteroatoms. The van der Waals surface area contributed by atoms with E-state index in [1.54, 1.807) is 0 Å². The summed E-state index contributed by atoms with van der Waals surface area (Å²) in [5.74, 6) is 1.44. The number of benzene rings is 1. The third-order valence-corrected chi connectivity index (χ3v) is 5.43. The topological polar surface area (TPSA) is 67.4 Å². The molecule has 1 aromatic rings. The molecule has 2 N–H and O–H groups in total. The molecule has 168 valence electrons. The van der Waals surface area contributed by atoms with Crippen LogP contribution in [0.4, 0.5) is 0 Å². The first kappa shape index (κ1) is 23.0. The Morgan fingerprint density at radius 3 is 2.63 bits per heavy atom. The molecule has 2 heterocycles. The van der Waals surface area contributed by atoms with Crippen molar-refractivity contribution < 1.29 is 14.2 Å². The summed E-state index contributed by atoms with van der Waals surface area (Å²) in [7, 11) is 0. The predicted molar refractivity (Wildman–Crippen MR) is 120 cm³/mol. The number of morpholine rings is 1. The second-order valence-electron chi connectivity index (χ2n) is 7.99. The van der Waals surface area contributed by atoms with Crippen molar-refractivity contribution in [2.45, 2.75) is 32.9 Å². The maximum atomic E-state index is 5.76. The molecule has 1 aromatic carbocycles. The number of ether oxygens (including phenoxy) is 3. The molecular formula is C23H38N4O3. The molecule has 3 rings (SSSR count). The van der Waals surface area contributed by atoms with Crippen LogP contribution in [0.15, 0.2) is 29.3 Å². The molecule has 0 bridgehead atoms. The van der Waals surface area contributed by atoms with E-state index in [1.165, 1.54) is 11.1 Å². The van der Waals surface area contributed by atoms with Crippen LogP contribution >= 0.6 is 0 Å². The summed E-state index contributed by atoms with van der Waals surface area (Å²) >= 11 is 0. The van der Waals surface area contributed by atoms with Gasteiger partial charge in [0.1, 0.15) is 0 Å². The van der Waals surface area contributed by atoms with Crippen molar-refractivity contribution in [3.05, 3.63) is 35.4 Å². The molecule has 2 saturated heterocycles. The summed E-state index contributed by atoms with van der Waals surface area (Å²) in [6.07, 6.45) is 2.10. The maximum Gasteiger partial charge on any atom is 0.191 e. The lowest BCUT2D eigenvalue weighted by Gasteiger charge is -2.26. The summed E-state index contributed by atoms with van der Waals surface area (Å²) in [4.78, 5) is 7.16. The van der Waals surface area contributed by atoms with Crippen LogP contribution in [0.25, 0.3) is 0 Å². The van der Waals surface area contributed by atoms with Gasteiger partial charge in [0.15, 0.2) is 5.96 Å². The first-order valence-corrected chi connectivity index (χ1v) is 11.4. The van der Waals surface area contributed by atoms with Crippen LogP contribution in [-0.4, -0.2) is 76.7 Å². The Morgan fingerprint density at radius 2 is 1.90 bits per heavy atom. The fourth-order valence-electron chi connectivity index (χ4n) is 3.63. The highest BCUT2D eigenvalue weighted by molar-refractivity contribution is 5.79. The fraction of sp³-hybridized carbons (Fsp3) is 0.696. The van der Waals surface area contributed by atoms with Gasteiger partial charge in [0.05, 0.1) is 33.0 Å². The number of guanidine groups is 1. The van der Waals surface area contributed by atoms with E-state index in [9.17, 15) is 0 Å². The summed E-state index contributed by atoms with van der Waals surface area (Å²) < 4.78 is 16.6. The minimum Gasteiger partial charge on any atom is -0.381 e. The van der Waals surface area contributed by atoms with Crippen molar-refractivity contribution in [2.75, 3.05) is 65.8 Å². The third-order valence-electron chi connectivity index (χ3n) is 5.43. The van der Waals surface area contributed by atoms with Crippen LogP contribution in [-0.2, 0) is 27.3 Å². The van der Waals surface area contributed by atoms with E-state index < -0.39 is 0 Å². The molecule has 0 aromatic heterocycles.